The highest BCUT2D eigenvalue weighted by atomic mass is 32.2. The summed E-state index contributed by atoms with van der Waals surface area (Å²) in [5.74, 6) is -0.554. The molecule has 178 valence electrons. The Morgan fingerprint density at radius 2 is 1.62 bits per heavy atom. The molecule has 2 rings (SSSR count). The van der Waals surface area contributed by atoms with Crippen LogP contribution in [0, 0.1) is 5.82 Å². The maximum atomic E-state index is 14.1. The molecular weight excluding hydrogens is 433 g/mol. The lowest BCUT2D eigenvalue weighted by Crippen LogP contribution is -2.35. The van der Waals surface area contributed by atoms with Gasteiger partial charge in [0.2, 0.25) is 0 Å². The van der Waals surface area contributed by atoms with Crippen molar-refractivity contribution < 1.29 is 17.6 Å². The van der Waals surface area contributed by atoms with Gasteiger partial charge in [-0.15, -0.1) is 0 Å². The van der Waals surface area contributed by atoms with Crippen LogP contribution in [0.1, 0.15) is 70.2 Å². The second kappa shape index (κ2) is 9.99. The molecule has 2 N–H and O–H groups in total. The first kappa shape index (κ1) is 25.8. The topological polar surface area (TPSA) is 96.3 Å². The molecule has 0 atom stereocenters. The zero-order valence-corrected chi connectivity index (χ0v) is 20.8. The predicted molar refractivity (Wildman–Crippen MR) is 124 cm³/mol. The largest absolute Gasteiger partial charge is 0.333 e. The summed E-state index contributed by atoms with van der Waals surface area (Å²) in [6.45, 7) is 12.1. The molecular formula is C22H34FN5O3S. The number of hydrogen-bond donors (Lipinski definition) is 2. The normalized spacial score (nSPS) is 12.3. The molecule has 0 radical (unpaired) electrons. The van der Waals surface area contributed by atoms with E-state index in [1.54, 1.807) is 7.05 Å². The lowest BCUT2D eigenvalue weighted by atomic mass is 9.92. The molecule has 2 aromatic rings. The van der Waals surface area contributed by atoms with E-state index in [0.717, 1.165) is 0 Å². The van der Waals surface area contributed by atoms with Crippen LogP contribution in [0.3, 0.4) is 0 Å². The number of nitrogens with zero attached hydrogens (tertiary/aromatic N) is 3. The Kier molecular flexibility index (Phi) is 8.06. The van der Waals surface area contributed by atoms with Gasteiger partial charge in [-0.05, 0) is 56.0 Å². The number of carbonyl (C=O) groups excluding carboxylic acids is 1. The number of aromatic nitrogens is 2. The number of nitrogens with one attached hydrogen (secondary N) is 2. The number of rotatable bonds is 8. The summed E-state index contributed by atoms with van der Waals surface area (Å²) in [5, 5.41) is 6.45. The predicted octanol–water partition coefficient (Wildman–Crippen LogP) is 4.16. The van der Waals surface area contributed by atoms with E-state index < -0.39 is 21.9 Å². The molecule has 1 aromatic heterocycles. The Balaban J connectivity index is 2.29. The standard InChI is InChI=1S/C22H34FN5O3S/c1-13(2)18-9-16(23)10-19(14(3)4)21(18)24-22(29)26-32(30,31)20-11-17(28(8)25-20)12-27(7)15(5)6/h9-11,13-15H,12H2,1-8H3,(H2,24,26,29). The van der Waals surface area contributed by atoms with Crippen molar-refractivity contribution in [3.8, 4) is 0 Å². The van der Waals surface area contributed by atoms with Gasteiger partial charge in [-0.1, -0.05) is 27.7 Å². The van der Waals surface area contributed by atoms with Crippen LogP contribution < -0.4 is 10.0 Å². The Bertz CT molecular complexity index is 1050. The van der Waals surface area contributed by atoms with Crippen LogP contribution in [0.4, 0.5) is 14.9 Å². The molecule has 10 heteroatoms. The molecule has 0 aliphatic rings. The second-order valence-corrected chi connectivity index (χ2v) is 10.6. The summed E-state index contributed by atoms with van der Waals surface area (Å²) in [6.07, 6.45) is 0. The van der Waals surface area contributed by atoms with Crippen molar-refractivity contribution in [3.05, 3.63) is 40.8 Å². The lowest BCUT2D eigenvalue weighted by molar-refractivity contribution is 0.256. The quantitative estimate of drug-likeness (QED) is 0.608. The van der Waals surface area contributed by atoms with Crippen LogP contribution in [0.5, 0.6) is 0 Å². The molecule has 1 heterocycles. The van der Waals surface area contributed by atoms with Crippen molar-refractivity contribution >= 4 is 21.7 Å². The number of benzene rings is 1. The summed E-state index contributed by atoms with van der Waals surface area (Å²) in [5.41, 5.74) is 2.31. The van der Waals surface area contributed by atoms with Crippen LogP contribution in [0.15, 0.2) is 23.2 Å². The average molecular weight is 468 g/mol. The highest BCUT2D eigenvalue weighted by molar-refractivity contribution is 7.90. The minimum atomic E-state index is -4.20. The van der Waals surface area contributed by atoms with Gasteiger partial charge in [0.1, 0.15) is 5.82 Å². The highest BCUT2D eigenvalue weighted by Gasteiger charge is 2.25. The Morgan fingerprint density at radius 1 is 1.09 bits per heavy atom. The van der Waals surface area contributed by atoms with Crippen molar-refractivity contribution in [3.63, 3.8) is 0 Å². The summed E-state index contributed by atoms with van der Waals surface area (Å²) < 4.78 is 43.2. The maximum Gasteiger partial charge on any atom is 0.333 e. The van der Waals surface area contributed by atoms with Crippen LogP contribution in [-0.4, -0.2) is 42.2 Å². The Hall–Kier alpha value is -2.46. The monoisotopic (exact) mass is 467 g/mol. The summed E-state index contributed by atoms with van der Waals surface area (Å²) in [7, 11) is -0.611. The fraction of sp³-hybridized carbons (Fsp3) is 0.545. The zero-order valence-electron chi connectivity index (χ0n) is 20.0. The summed E-state index contributed by atoms with van der Waals surface area (Å²) in [4.78, 5) is 14.7. The number of sulfonamides is 1. The maximum absolute atomic E-state index is 14.1. The molecule has 0 bridgehead atoms. The lowest BCUT2D eigenvalue weighted by Gasteiger charge is -2.20. The molecule has 0 saturated carbocycles. The highest BCUT2D eigenvalue weighted by Crippen LogP contribution is 2.33. The van der Waals surface area contributed by atoms with Gasteiger partial charge in [0.25, 0.3) is 10.0 Å². The van der Waals surface area contributed by atoms with Crippen LogP contribution in [0.2, 0.25) is 0 Å². The van der Waals surface area contributed by atoms with E-state index in [-0.39, 0.29) is 22.9 Å². The van der Waals surface area contributed by atoms with Gasteiger partial charge in [0.15, 0.2) is 5.03 Å². The molecule has 32 heavy (non-hydrogen) atoms. The summed E-state index contributed by atoms with van der Waals surface area (Å²) in [6, 6.07) is 3.51. The molecule has 2 amide bonds. The first-order valence-electron chi connectivity index (χ1n) is 10.6. The van der Waals surface area contributed by atoms with Crippen molar-refractivity contribution in [2.45, 2.75) is 71.0 Å². The number of aryl methyl sites for hydroxylation is 1. The second-order valence-electron chi connectivity index (χ2n) is 8.93. The molecule has 0 unspecified atom stereocenters. The number of hydrogen-bond acceptors (Lipinski definition) is 5. The first-order valence-corrected chi connectivity index (χ1v) is 12.1. The Morgan fingerprint density at radius 3 is 2.09 bits per heavy atom. The van der Waals surface area contributed by atoms with Gasteiger partial charge in [0.05, 0.1) is 5.69 Å². The SMILES string of the molecule is CC(C)c1cc(F)cc(C(C)C)c1NC(=O)NS(=O)(=O)c1cc(CN(C)C(C)C)n(C)n1. The third-order valence-corrected chi connectivity index (χ3v) is 6.60. The molecule has 0 aliphatic heterocycles. The van der Waals surface area contributed by atoms with Gasteiger partial charge in [-0.25, -0.2) is 13.9 Å². The van der Waals surface area contributed by atoms with E-state index in [1.807, 2.05) is 58.2 Å². The van der Waals surface area contributed by atoms with E-state index in [1.165, 1.54) is 22.9 Å². The molecule has 0 saturated heterocycles. The number of amides is 2. The smallest absolute Gasteiger partial charge is 0.307 e. The molecule has 0 aliphatic carbocycles. The third-order valence-electron chi connectivity index (χ3n) is 5.40. The zero-order chi connectivity index (χ0) is 24.4. The molecule has 8 nitrogen and oxygen atoms in total. The fourth-order valence-electron chi connectivity index (χ4n) is 3.21. The fourth-order valence-corrected chi connectivity index (χ4v) is 4.13. The van der Waals surface area contributed by atoms with Crippen LogP contribution in [0.25, 0.3) is 0 Å². The van der Waals surface area contributed by atoms with Gasteiger partial charge in [0, 0.05) is 31.4 Å². The van der Waals surface area contributed by atoms with E-state index in [0.29, 0.717) is 29.1 Å². The number of anilines is 1. The minimum Gasteiger partial charge on any atom is -0.307 e. The number of halogens is 1. The van der Waals surface area contributed by atoms with Crippen molar-refractivity contribution in [1.29, 1.82) is 0 Å². The van der Waals surface area contributed by atoms with Gasteiger partial charge in [-0.2, -0.15) is 13.5 Å². The molecule has 0 fully saturated rings. The van der Waals surface area contributed by atoms with Gasteiger partial charge >= 0.3 is 6.03 Å². The molecule has 1 aromatic carbocycles. The average Bonchev–Trinajstić information content (AvgIpc) is 3.03. The van der Waals surface area contributed by atoms with E-state index in [4.69, 9.17) is 0 Å². The van der Waals surface area contributed by atoms with Crippen LogP contribution in [-0.2, 0) is 23.6 Å². The number of carbonyl (C=O) groups is 1. The van der Waals surface area contributed by atoms with Crippen LogP contribution >= 0.6 is 0 Å². The molecule has 0 spiro atoms. The van der Waals surface area contributed by atoms with E-state index in [2.05, 4.69) is 10.4 Å². The minimum absolute atomic E-state index is 0.0774. The van der Waals surface area contributed by atoms with Crippen molar-refractivity contribution in [2.24, 2.45) is 7.05 Å². The van der Waals surface area contributed by atoms with Crippen molar-refractivity contribution in [2.75, 3.05) is 12.4 Å². The third kappa shape index (κ3) is 6.07. The van der Waals surface area contributed by atoms with E-state index >= 15 is 0 Å². The Labute approximate surface area is 190 Å². The van der Waals surface area contributed by atoms with Crippen molar-refractivity contribution in [1.82, 2.24) is 19.4 Å². The number of urea groups is 1. The summed E-state index contributed by atoms with van der Waals surface area (Å²) >= 11 is 0. The first-order chi connectivity index (χ1) is 14.7. The van der Waals surface area contributed by atoms with Gasteiger partial charge in [-0.3, -0.25) is 9.58 Å². The van der Waals surface area contributed by atoms with Gasteiger partial charge < -0.3 is 5.32 Å². The van der Waals surface area contributed by atoms with E-state index in [9.17, 15) is 17.6 Å².